The van der Waals surface area contributed by atoms with Gasteiger partial charge in [-0.15, -0.1) is 0 Å². The van der Waals surface area contributed by atoms with E-state index in [1.807, 2.05) is 29.0 Å². The van der Waals surface area contributed by atoms with Gasteiger partial charge in [-0.05, 0) is 52.5 Å². The Morgan fingerprint density at radius 3 is 2.85 bits per heavy atom. The number of nitrogens with two attached hydrogens (primary N) is 1. The lowest BCUT2D eigenvalue weighted by Gasteiger charge is -2.27. The van der Waals surface area contributed by atoms with E-state index in [4.69, 9.17) is 17.3 Å². The van der Waals surface area contributed by atoms with Crippen LogP contribution in [0.3, 0.4) is 0 Å². The Bertz CT molecular complexity index is 1440. The molecule has 5 unspecified atom stereocenters. The Morgan fingerprint density at radius 2 is 2.00 bits per heavy atom. The van der Waals surface area contributed by atoms with Gasteiger partial charge < -0.3 is 20.5 Å². The number of allylic oxidation sites excluding steroid dienone is 1. The highest BCUT2D eigenvalue weighted by atomic mass is 79.9. The predicted molar refractivity (Wildman–Crippen MR) is 131 cm³/mol. The van der Waals surface area contributed by atoms with Gasteiger partial charge in [-0.25, -0.2) is 15.0 Å². The first-order valence-corrected chi connectivity index (χ1v) is 11.9. The molecular formula is C24H21BrClN5O2. The van der Waals surface area contributed by atoms with E-state index in [0.717, 1.165) is 26.3 Å². The average molecular weight is 527 g/mol. The van der Waals surface area contributed by atoms with Crippen molar-refractivity contribution in [3.05, 3.63) is 70.2 Å². The Kier molecular flexibility index (Phi) is 4.78. The van der Waals surface area contributed by atoms with Crippen molar-refractivity contribution in [2.45, 2.75) is 37.0 Å². The summed E-state index contributed by atoms with van der Waals surface area (Å²) in [5, 5.41) is 24.3. The quantitative estimate of drug-likeness (QED) is 0.264. The monoisotopic (exact) mass is 525 g/mol. The minimum absolute atomic E-state index is 0.111. The highest BCUT2D eigenvalue weighted by molar-refractivity contribution is 9.10. The number of aromatic nitrogens is 4. The minimum Gasteiger partial charge on any atom is -0.389 e. The molecule has 1 saturated carbocycles. The summed E-state index contributed by atoms with van der Waals surface area (Å²) in [6.45, 7) is 0. The van der Waals surface area contributed by atoms with Crippen LogP contribution in [0, 0.1) is 5.41 Å². The van der Waals surface area contributed by atoms with Crippen molar-refractivity contribution in [1.29, 1.82) is 0 Å². The van der Waals surface area contributed by atoms with Crippen LogP contribution in [0.5, 0.6) is 0 Å². The van der Waals surface area contributed by atoms with Crippen molar-refractivity contribution >= 4 is 55.3 Å². The molecular weight excluding hydrogens is 506 g/mol. The number of hydrogen-bond acceptors (Lipinski definition) is 6. The molecule has 0 bridgehead atoms. The van der Waals surface area contributed by atoms with Gasteiger partial charge in [0.25, 0.3) is 0 Å². The Balaban J connectivity index is 1.31. The van der Waals surface area contributed by atoms with E-state index in [9.17, 15) is 10.2 Å². The Labute approximate surface area is 203 Å². The van der Waals surface area contributed by atoms with Gasteiger partial charge in [-0.2, -0.15) is 0 Å². The number of hydrogen-bond donors (Lipinski definition) is 3. The first-order valence-electron chi connectivity index (χ1n) is 10.7. The fraction of sp³-hybridized carbons (Fsp3) is 0.292. The molecule has 1 spiro atoms. The molecule has 5 atom stereocenters. The van der Waals surface area contributed by atoms with Crippen LogP contribution >= 0.6 is 27.5 Å². The van der Waals surface area contributed by atoms with E-state index in [0.29, 0.717) is 29.5 Å². The summed E-state index contributed by atoms with van der Waals surface area (Å²) >= 11 is 9.63. The molecule has 1 aromatic carbocycles. The van der Waals surface area contributed by atoms with Crippen molar-refractivity contribution in [3.8, 4) is 0 Å². The molecule has 168 valence electrons. The summed E-state index contributed by atoms with van der Waals surface area (Å²) in [4.78, 5) is 12.9. The summed E-state index contributed by atoms with van der Waals surface area (Å²) in [6, 6.07) is 9.68. The van der Waals surface area contributed by atoms with Gasteiger partial charge in [0, 0.05) is 22.9 Å². The molecule has 7 nitrogen and oxygen atoms in total. The number of anilines is 1. The SMILES string of the molecule is Nc1nc2cc(C3C=CC4(C3)CC(n3ccc5c(Cl)ncnc53)C(O)C4O)ccc2cc1Br. The highest BCUT2D eigenvalue weighted by Crippen LogP contribution is 2.55. The second kappa shape index (κ2) is 7.50. The molecule has 0 amide bonds. The number of halogens is 2. The van der Waals surface area contributed by atoms with Crippen molar-refractivity contribution < 1.29 is 10.2 Å². The number of pyridine rings is 1. The van der Waals surface area contributed by atoms with Crippen LogP contribution in [-0.2, 0) is 0 Å². The van der Waals surface area contributed by atoms with E-state index >= 15 is 0 Å². The third-order valence-corrected chi connectivity index (χ3v) is 8.16. The summed E-state index contributed by atoms with van der Waals surface area (Å²) < 4.78 is 2.69. The van der Waals surface area contributed by atoms with Crippen LogP contribution in [0.1, 0.15) is 30.4 Å². The molecule has 4 N–H and O–H groups in total. The number of benzene rings is 1. The zero-order chi connectivity index (χ0) is 22.9. The molecule has 2 aliphatic carbocycles. The third kappa shape index (κ3) is 3.19. The Hall–Kier alpha value is -2.52. The van der Waals surface area contributed by atoms with E-state index in [1.54, 1.807) is 0 Å². The lowest BCUT2D eigenvalue weighted by molar-refractivity contribution is -0.0129. The number of nitrogens with zero attached hydrogens (tertiary/aromatic N) is 4. The molecule has 0 aliphatic heterocycles. The first kappa shape index (κ1) is 21.0. The van der Waals surface area contributed by atoms with Crippen LogP contribution in [0.4, 0.5) is 5.82 Å². The maximum Gasteiger partial charge on any atom is 0.145 e. The molecule has 1 fully saturated rings. The molecule has 6 rings (SSSR count). The van der Waals surface area contributed by atoms with Crippen molar-refractivity contribution in [2.75, 3.05) is 5.73 Å². The van der Waals surface area contributed by atoms with Crippen molar-refractivity contribution in [3.63, 3.8) is 0 Å². The molecule has 3 aromatic heterocycles. The van der Waals surface area contributed by atoms with Crippen LogP contribution in [0.25, 0.3) is 21.9 Å². The van der Waals surface area contributed by atoms with E-state index < -0.39 is 17.6 Å². The first-order chi connectivity index (χ1) is 15.9. The van der Waals surface area contributed by atoms with E-state index in [1.165, 1.54) is 6.33 Å². The van der Waals surface area contributed by atoms with Gasteiger partial charge in [-0.1, -0.05) is 35.9 Å². The van der Waals surface area contributed by atoms with Crippen molar-refractivity contribution in [2.24, 2.45) is 5.41 Å². The molecule has 0 saturated heterocycles. The number of aliphatic hydroxyl groups excluding tert-OH is 2. The van der Waals surface area contributed by atoms with Gasteiger partial charge in [0.05, 0.1) is 27.5 Å². The molecule has 3 heterocycles. The zero-order valence-electron chi connectivity index (χ0n) is 17.4. The minimum atomic E-state index is -0.923. The number of rotatable bonds is 2. The van der Waals surface area contributed by atoms with Crippen molar-refractivity contribution in [1.82, 2.24) is 19.5 Å². The summed E-state index contributed by atoms with van der Waals surface area (Å²) in [7, 11) is 0. The van der Waals surface area contributed by atoms with Crippen LogP contribution in [0.15, 0.2) is 59.5 Å². The normalized spacial score (nSPS) is 29.1. The largest absolute Gasteiger partial charge is 0.389 e. The fourth-order valence-electron chi connectivity index (χ4n) is 5.51. The fourth-order valence-corrected chi connectivity index (χ4v) is 6.04. The smallest absolute Gasteiger partial charge is 0.145 e. The van der Waals surface area contributed by atoms with Gasteiger partial charge in [0.1, 0.15) is 29.0 Å². The Morgan fingerprint density at radius 1 is 1.15 bits per heavy atom. The van der Waals surface area contributed by atoms with E-state index in [-0.39, 0.29) is 12.0 Å². The summed E-state index contributed by atoms with van der Waals surface area (Å²) in [6.07, 6.45) is 6.98. The lowest BCUT2D eigenvalue weighted by Crippen LogP contribution is -2.34. The maximum atomic E-state index is 11.1. The summed E-state index contributed by atoms with van der Waals surface area (Å²) in [5.41, 5.74) is 8.06. The molecule has 2 aliphatic rings. The number of fused-ring (bicyclic) bond motifs is 2. The number of nitrogen functional groups attached to an aromatic ring is 1. The standard InChI is InChI=1S/C24H21BrClN5O2/c25-16-7-13-2-1-12(8-17(13)30-22(16)27)14-3-5-24(9-14)10-18(19(32)20(24)33)31-6-4-15-21(26)28-11-29-23(15)31/h1-8,11,14,18-20,32-33H,9-10H2,(H2,27,30). The van der Waals surface area contributed by atoms with Crippen LogP contribution in [-0.4, -0.2) is 41.9 Å². The van der Waals surface area contributed by atoms with Gasteiger partial charge in [0.2, 0.25) is 0 Å². The molecule has 9 heteroatoms. The highest BCUT2D eigenvalue weighted by Gasteiger charge is 2.54. The molecule has 4 aromatic rings. The number of aliphatic hydroxyl groups is 2. The van der Waals surface area contributed by atoms with Gasteiger partial charge >= 0.3 is 0 Å². The van der Waals surface area contributed by atoms with Gasteiger partial charge in [-0.3, -0.25) is 0 Å². The van der Waals surface area contributed by atoms with Crippen LogP contribution in [0.2, 0.25) is 5.15 Å². The molecule has 0 radical (unpaired) electrons. The van der Waals surface area contributed by atoms with E-state index in [2.05, 4.69) is 55.2 Å². The molecule has 33 heavy (non-hydrogen) atoms. The lowest BCUT2D eigenvalue weighted by atomic mass is 9.80. The zero-order valence-corrected chi connectivity index (χ0v) is 19.8. The van der Waals surface area contributed by atoms with Gasteiger partial charge in [0.15, 0.2) is 0 Å². The third-order valence-electron chi connectivity index (χ3n) is 7.22. The second-order valence-electron chi connectivity index (χ2n) is 9.04. The topological polar surface area (TPSA) is 110 Å². The maximum absolute atomic E-state index is 11.1. The average Bonchev–Trinajstić information content (AvgIpc) is 3.48. The summed E-state index contributed by atoms with van der Waals surface area (Å²) in [5.74, 6) is 0.568. The second-order valence-corrected chi connectivity index (χ2v) is 10.3. The van der Waals surface area contributed by atoms with Crippen LogP contribution < -0.4 is 5.73 Å². The predicted octanol–water partition coefficient (Wildman–Crippen LogP) is 4.37.